The molecule has 0 unspecified atom stereocenters. The normalized spacial score (nSPS) is 10.3. The highest BCUT2D eigenvalue weighted by molar-refractivity contribution is 5.94. The summed E-state index contributed by atoms with van der Waals surface area (Å²) in [5, 5.41) is 6.10. The Hall–Kier alpha value is -1.62. The van der Waals surface area contributed by atoms with Gasteiger partial charge in [0.2, 0.25) is 0 Å². The molecule has 0 aliphatic carbocycles. The second kappa shape index (κ2) is 10.2. The Morgan fingerprint density at radius 3 is 2.90 bits per heavy atom. The first-order valence-corrected chi connectivity index (χ1v) is 7.25. The molecule has 0 aliphatic heterocycles. The first kappa shape index (κ1) is 16.4. The Morgan fingerprint density at radius 1 is 1.30 bits per heavy atom. The minimum Gasteiger partial charge on any atom is -0.385 e. The third-order valence-corrected chi connectivity index (χ3v) is 2.92. The number of pyridine rings is 1. The standard InChI is InChI=1S/C15H25N3O2/c1-3-4-5-8-16-14-12-13(7-10-17-14)15(19)18-9-6-11-20-2/h7,10,12H,3-6,8-9,11H2,1-2H3,(H,16,17)(H,18,19). The van der Waals surface area contributed by atoms with Crippen molar-refractivity contribution >= 4 is 11.7 Å². The number of amides is 1. The second-order valence-corrected chi connectivity index (χ2v) is 4.67. The molecule has 0 radical (unpaired) electrons. The molecule has 1 aromatic rings. The number of nitrogens with one attached hydrogen (secondary N) is 2. The van der Waals surface area contributed by atoms with Crippen LogP contribution in [-0.4, -0.2) is 37.7 Å². The number of aromatic nitrogens is 1. The van der Waals surface area contributed by atoms with Crippen molar-refractivity contribution in [3.63, 3.8) is 0 Å². The average Bonchev–Trinajstić information content (AvgIpc) is 2.48. The largest absolute Gasteiger partial charge is 0.385 e. The van der Waals surface area contributed by atoms with Crippen molar-refractivity contribution in [1.82, 2.24) is 10.3 Å². The number of unbranched alkanes of at least 4 members (excludes halogenated alkanes) is 2. The van der Waals surface area contributed by atoms with Crippen molar-refractivity contribution in [2.45, 2.75) is 32.6 Å². The quantitative estimate of drug-likeness (QED) is 0.646. The SMILES string of the molecule is CCCCCNc1cc(C(=O)NCCCOC)ccn1. The Bertz CT molecular complexity index is 396. The van der Waals surface area contributed by atoms with E-state index in [2.05, 4.69) is 22.5 Å². The Balaban J connectivity index is 2.39. The van der Waals surface area contributed by atoms with Crippen LogP contribution in [-0.2, 0) is 4.74 Å². The highest BCUT2D eigenvalue weighted by Crippen LogP contribution is 2.07. The van der Waals surface area contributed by atoms with E-state index < -0.39 is 0 Å². The maximum absolute atomic E-state index is 11.9. The van der Waals surface area contributed by atoms with Gasteiger partial charge in [-0.2, -0.15) is 0 Å². The smallest absolute Gasteiger partial charge is 0.251 e. The maximum Gasteiger partial charge on any atom is 0.251 e. The van der Waals surface area contributed by atoms with Gasteiger partial charge in [-0.15, -0.1) is 0 Å². The Labute approximate surface area is 121 Å². The molecule has 0 fully saturated rings. The Kier molecular flexibility index (Phi) is 8.38. The van der Waals surface area contributed by atoms with Crippen molar-refractivity contribution < 1.29 is 9.53 Å². The van der Waals surface area contributed by atoms with Gasteiger partial charge in [-0.1, -0.05) is 19.8 Å². The van der Waals surface area contributed by atoms with E-state index in [-0.39, 0.29) is 5.91 Å². The highest BCUT2D eigenvalue weighted by atomic mass is 16.5. The zero-order chi connectivity index (χ0) is 14.6. The molecule has 0 spiro atoms. The molecule has 0 aliphatic rings. The number of methoxy groups -OCH3 is 1. The molecule has 0 aromatic carbocycles. The molecule has 5 nitrogen and oxygen atoms in total. The molecule has 112 valence electrons. The van der Waals surface area contributed by atoms with Crippen LogP contribution in [0.1, 0.15) is 43.0 Å². The van der Waals surface area contributed by atoms with E-state index >= 15 is 0 Å². The van der Waals surface area contributed by atoms with Crippen molar-refractivity contribution in [3.8, 4) is 0 Å². The number of hydrogen-bond acceptors (Lipinski definition) is 4. The molecule has 2 N–H and O–H groups in total. The first-order chi connectivity index (χ1) is 9.77. The fourth-order valence-corrected chi connectivity index (χ4v) is 1.78. The van der Waals surface area contributed by atoms with Gasteiger partial charge in [0, 0.05) is 38.6 Å². The summed E-state index contributed by atoms with van der Waals surface area (Å²) < 4.78 is 4.94. The molecule has 0 bridgehead atoms. The fraction of sp³-hybridized carbons (Fsp3) is 0.600. The molecular weight excluding hydrogens is 254 g/mol. The molecule has 1 aromatic heterocycles. The summed E-state index contributed by atoms with van der Waals surface area (Å²) in [7, 11) is 1.65. The number of rotatable bonds is 10. The molecule has 20 heavy (non-hydrogen) atoms. The molecule has 5 heteroatoms. The number of carbonyl (C=O) groups excluding carboxylic acids is 1. The van der Waals surface area contributed by atoms with Gasteiger partial charge < -0.3 is 15.4 Å². The number of carbonyl (C=O) groups is 1. The third kappa shape index (κ3) is 6.52. The van der Waals surface area contributed by atoms with E-state index in [1.165, 1.54) is 12.8 Å². The molecule has 1 heterocycles. The van der Waals surface area contributed by atoms with E-state index in [4.69, 9.17) is 4.74 Å². The Morgan fingerprint density at radius 2 is 2.15 bits per heavy atom. The molecule has 0 atom stereocenters. The van der Waals surface area contributed by atoms with Crippen LogP contribution < -0.4 is 10.6 Å². The van der Waals surface area contributed by atoms with Crippen molar-refractivity contribution in [3.05, 3.63) is 23.9 Å². The zero-order valence-electron chi connectivity index (χ0n) is 12.4. The number of nitrogens with zero attached hydrogens (tertiary/aromatic N) is 1. The van der Waals surface area contributed by atoms with Gasteiger partial charge in [-0.05, 0) is 25.0 Å². The van der Waals surface area contributed by atoms with Crippen LogP contribution in [0.5, 0.6) is 0 Å². The lowest BCUT2D eigenvalue weighted by molar-refractivity contribution is 0.0948. The summed E-state index contributed by atoms with van der Waals surface area (Å²) in [5.74, 6) is 0.686. The lowest BCUT2D eigenvalue weighted by Gasteiger charge is -2.08. The predicted molar refractivity (Wildman–Crippen MR) is 81.1 cm³/mol. The predicted octanol–water partition coefficient (Wildman–Crippen LogP) is 2.45. The summed E-state index contributed by atoms with van der Waals surface area (Å²) >= 11 is 0. The van der Waals surface area contributed by atoms with E-state index in [9.17, 15) is 4.79 Å². The molecule has 0 saturated carbocycles. The molecular formula is C15H25N3O2. The van der Waals surface area contributed by atoms with Crippen LogP contribution in [0.2, 0.25) is 0 Å². The van der Waals surface area contributed by atoms with Crippen molar-refractivity contribution in [2.75, 3.05) is 32.1 Å². The van der Waals surface area contributed by atoms with Crippen LogP contribution in [0.3, 0.4) is 0 Å². The monoisotopic (exact) mass is 279 g/mol. The third-order valence-electron chi connectivity index (χ3n) is 2.92. The second-order valence-electron chi connectivity index (χ2n) is 4.67. The topological polar surface area (TPSA) is 63.2 Å². The van der Waals surface area contributed by atoms with Crippen LogP contribution >= 0.6 is 0 Å². The summed E-state index contributed by atoms with van der Waals surface area (Å²) in [4.78, 5) is 16.1. The summed E-state index contributed by atoms with van der Waals surface area (Å²) in [6.45, 7) is 4.33. The lowest BCUT2D eigenvalue weighted by Crippen LogP contribution is -2.25. The van der Waals surface area contributed by atoms with E-state index in [1.54, 1.807) is 25.4 Å². The first-order valence-electron chi connectivity index (χ1n) is 7.25. The van der Waals surface area contributed by atoms with Gasteiger partial charge in [0.15, 0.2) is 0 Å². The summed E-state index contributed by atoms with van der Waals surface area (Å²) in [6.07, 6.45) is 5.99. The summed E-state index contributed by atoms with van der Waals surface area (Å²) in [5.41, 5.74) is 0.635. The van der Waals surface area contributed by atoms with Gasteiger partial charge in [0.05, 0.1) is 0 Å². The van der Waals surface area contributed by atoms with Gasteiger partial charge in [-0.3, -0.25) is 4.79 Å². The number of hydrogen-bond donors (Lipinski definition) is 2. The van der Waals surface area contributed by atoms with E-state index in [1.807, 2.05) is 0 Å². The highest BCUT2D eigenvalue weighted by Gasteiger charge is 2.05. The maximum atomic E-state index is 11.9. The van der Waals surface area contributed by atoms with E-state index in [0.717, 1.165) is 25.2 Å². The van der Waals surface area contributed by atoms with Crippen LogP contribution in [0.15, 0.2) is 18.3 Å². The van der Waals surface area contributed by atoms with Gasteiger partial charge >= 0.3 is 0 Å². The van der Waals surface area contributed by atoms with Crippen LogP contribution in [0, 0.1) is 0 Å². The minimum absolute atomic E-state index is 0.0693. The lowest BCUT2D eigenvalue weighted by atomic mass is 10.2. The van der Waals surface area contributed by atoms with Crippen LogP contribution in [0.25, 0.3) is 0 Å². The van der Waals surface area contributed by atoms with Gasteiger partial charge in [0.25, 0.3) is 5.91 Å². The zero-order valence-corrected chi connectivity index (χ0v) is 12.4. The fourth-order valence-electron chi connectivity index (χ4n) is 1.78. The number of anilines is 1. The van der Waals surface area contributed by atoms with E-state index in [0.29, 0.717) is 18.7 Å². The molecule has 1 amide bonds. The number of ether oxygens (including phenoxy) is 1. The van der Waals surface area contributed by atoms with Gasteiger partial charge in [-0.25, -0.2) is 4.98 Å². The average molecular weight is 279 g/mol. The van der Waals surface area contributed by atoms with Crippen molar-refractivity contribution in [1.29, 1.82) is 0 Å². The minimum atomic E-state index is -0.0693. The summed E-state index contributed by atoms with van der Waals surface area (Å²) in [6, 6.07) is 3.51. The van der Waals surface area contributed by atoms with Gasteiger partial charge in [0.1, 0.15) is 5.82 Å². The molecule has 0 saturated heterocycles. The van der Waals surface area contributed by atoms with Crippen molar-refractivity contribution in [2.24, 2.45) is 0 Å². The molecule has 1 rings (SSSR count). The van der Waals surface area contributed by atoms with Crippen LogP contribution in [0.4, 0.5) is 5.82 Å².